The van der Waals surface area contributed by atoms with E-state index in [2.05, 4.69) is 4.99 Å². The van der Waals surface area contributed by atoms with E-state index < -0.39 is 0 Å². The van der Waals surface area contributed by atoms with E-state index in [4.69, 9.17) is 14.2 Å². The molecule has 0 aliphatic carbocycles. The fraction of sp³-hybridized carbons (Fsp3) is 0.364. The van der Waals surface area contributed by atoms with Gasteiger partial charge >= 0.3 is 0 Å². The van der Waals surface area contributed by atoms with Crippen LogP contribution in [0.3, 0.4) is 0 Å². The predicted octanol–water partition coefficient (Wildman–Crippen LogP) is 3.73. The summed E-state index contributed by atoms with van der Waals surface area (Å²) in [5.74, 6) is 1.24. The lowest BCUT2D eigenvalue weighted by Crippen LogP contribution is -2.20. The number of hydrogen-bond acceptors (Lipinski definition) is 5. The van der Waals surface area contributed by atoms with E-state index in [0.717, 1.165) is 27.1 Å². The van der Waals surface area contributed by atoms with Gasteiger partial charge < -0.3 is 18.8 Å². The van der Waals surface area contributed by atoms with Gasteiger partial charge in [-0.15, -0.1) is 0 Å². The highest BCUT2D eigenvalue weighted by Crippen LogP contribution is 2.35. The molecule has 0 aliphatic rings. The zero-order valence-electron chi connectivity index (χ0n) is 17.2. The third-order valence-electron chi connectivity index (χ3n) is 4.55. The fourth-order valence-corrected chi connectivity index (χ4v) is 4.26. The Morgan fingerprint density at radius 1 is 1.07 bits per heavy atom. The topological polar surface area (TPSA) is 62.1 Å². The van der Waals surface area contributed by atoms with Crippen LogP contribution in [-0.2, 0) is 22.5 Å². The molecule has 2 aromatic carbocycles. The van der Waals surface area contributed by atoms with Crippen LogP contribution in [-0.4, -0.2) is 37.9 Å². The molecule has 0 fully saturated rings. The summed E-state index contributed by atoms with van der Waals surface area (Å²) in [5.41, 5.74) is 2.97. The van der Waals surface area contributed by atoms with Gasteiger partial charge in [0.1, 0.15) is 21.7 Å². The highest BCUT2D eigenvalue weighted by atomic mass is 32.1. The van der Waals surface area contributed by atoms with Gasteiger partial charge in [0.25, 0.3) is 5.91 Å². The molecule has 1 amide bonds. The second kappa shape index (κ2) is 9.71. The normalized spacial score (nSPS) is 11.8. The molecule has 1 heterocycles. The molecule has 3 rings (SSSR count). The summed E-state index contributed by atoms with van der Waals surface area (Å²) in [7, 11) is 3.26. The van der Waals surface area contributed by atoms with Gasteiger partial charge in [0.05, 0.1) is 27.2 Å². The molecule has 0 aliphatic heterocycles. The number of benzene rings is 2. The first-order valence-corrected chi connectivity index (χ1v) is 10.3. The summed E-state index contributed by atoms with van der Waals surface area (Å²) >= 11 is 1.42. The molecule has 1 aromatic heterocycles. The van der Waals surface area contributed by atoms with Crippen molar-refractivity contribution in [3.05, 3.63) is 52.3 Å². The van der Waals surface area contributed by atoms with E-state index in [-0.39, 0.29) is 12.3 Å². The number of carbonyl (C=O) groups excluding carboxylic acids is 1. The van der Waals surface area contributed by atoms with Crippen molar-refractivity contribution in [3.8, 4) is 11.5 Å². The Hall–Kier alpha value is -2.64. The van der Waals surface area contributed by atoms with Crippen LogP contribution in [0, 0.1) is 6.92 Å². The standard InChI is InChI=1S/C22H26N2O4S/c1-5-28-13-12-24-20-17(26-3)10-11-18(27-4)21(20)29-22(24)23-19(25)14-16-8-6-15(2)7-9-16/h6-11H,5,12-14H2,1-4H3. The van der Waals surface area contributed by atoms with Crippen molar-refractivity contribution in [2.45, 2.75) is 26.8 Å². The maximum absolute atomic E-state index is 12.7. The first kappa shape index (κ1) is 21.1. The van der Waals surface area contributed by atoms with Gasteiger partial charge in [-0.3, -0.25) is 4.79 Å². The number of thiazole rings is 1. The summed E-state index contributed by atoms with van der Waals surface area (Å²) in [6, 6.07) is 11.7. The molecule has 7 heteroatoms. The average molecular weight is 415 g/mol. The largest absolute Gasteiger partial charge is 0.495 e. The Kier molecular flexibility index (Phi) is 7.06. The van der Waals surface area contributed by atoms with Crippen molar-refractivity contribution in [2.24, 2.45) is 4.99 Å². The molecular weight excluding hydrogens is 388 g/mol. The monoisotopic (exact) mass is 414 g/mol. The van der Waals surface area contributed by atoms with Gasteiger partial charge in [-0.1, -0.05) is 41.2 Å². The quantitative estimate of drug-likeness (QED) is 0.527. The third kappa shape index (κ3) is 4.86. The minimum absolute atomic E-state index is 0.191. The molecule has 0 bridgehead atoms. The van der Waals surface area contributed by atoms with Crippen molar-refractivity contribution < 1.29 is 19.0 Å². The van der Waals surface area contributed by atoms with Crippen molar-refractivity contribution in [2.75, 3.05) is 27.4 Å². The van der Waals surface area contributed by atoms with Gasteiger partial charge in [0.15, 0.2) is 4.80 Å². The molecular formula is C22H26N2O4S. The number of carbonyl (C=O) groups is 1. The molecule has 0 spiro atoms. The number of ether oxygens (including phenoxy) is 3. The number of methoxy groups -OCH3 is 2. The molecule has 154 valence electrons. The third-order valence-corrected chi connectivity index (χ3v) is 5.64. The van der Waals surface area contributed by atoms with Gasteiger partial charge in [-0.25, -0.2) is 0 Å². The minimum atomic E-state index is -0.191. The zero-order chi connectivity index (χ0) is 20.8. The number of aryl methyl sites for hydroxylation is 1. The molecule has 0 unspecified atom stereocenters. The molecule has 0 saturated carbocycles. The van der Waals surface area contributed by atoms with Crippen molar-refractivity contribution >= 4 is 27.5 Å². The van der Waals surface area contributed by atoms with Crippen molar-refractivity contribution in [3.63, 3.8) is 0 Å². The first-order chi connectivity index (χ1) is 14.1. The highest BCUT2D eigenvalue weighted by molar-refractivity contribution is 7.16. The first-order valence-electron chi connectivity index (χ1n) is 9.52. The van der Waals surface area contributed by atoms with Crippen LogP contribution in [0.25, 0.3) is 10.2 Å². The van der Waals surface area contributed by atoms with E-state index >= 15 is 0 Å². The molecule has 0 radical (unpaired) electrons. The predicted molar refractivity (Wildman–Crippen MR) is 115 cm³/mol. The Bertz CT molecular complexity index is 1050. The van der Waals surface area contributed by atoms with Crippen LogP contribution in [0.1, 0.15) is 18.1 Å². The number of amides is 1. The SMILES string of the molecule is CCOCCn1c(=NC(=O)Cc2ccc(C)cc2)sc2c(OC)ccc(OC)c21. The second-order valence-electron chi connectivity index (χ2n) is 6.55. The van der Waals surface area contributed by atoms with Crippen LogP contribution < -0.4 is 14.3 Å². The summed E-state index contributed by atoms with van der Waals surface area (Å²) in [5, 5.41) is 0. The van der Waals surface area contributed by atoms with Crippen LogP contribution >= 0.6 is 11.3 Å². The fourth-order valence-electron chi connectivity index (χ4n) is 3.07. The van der Waals surface area contributed by atoms with Crippen molar-refractivity contribution in [1.82, 2.24) is 4.57 Å². The van der Waals surface area contributed by atoms with E-state index in [1.807, 2.05) is 54.8 Å². The van der Waals surface area contributed by atoms with Crippen molar-refractivity contribution in [1.29, 1.82) is 0 Å². The molecule has 0 saturated heterocycles. The summed E-state index contributed by atoms with van der Waals surface area (Å²) < 4.78 is 19.5. The maximum Gasteiger partial charge on any atom is 0.252 e. The van der Waals surface area contributed by atoms with E-state index in [1.165, 1.54) is 11.3 Å². The smallest absolute Gasteiger partial charge is 0.252 e. The van der Waals surface area contributed by atoms with E-state index in [1.54, 1.807) is 14.2 Å². The van der Waals surface area contributed by atoms with Crippen LogP contribution in [0.4, 0.5) is 0 Å². The van der Waals surface area contributed by atoms with Crippen LogP contribution in [0.5, 0.6) is 11.5 Å². The lowest BCUT2D eigenvalue weighted by molar-refractivity contribution is -0.117. The Morgan fingerprint density at radius 2 is 1.76 bits per heavy atom. The number of nitrogens with zero attached hydrogens (tertiary/aromatic N) is 2. The second-order valence-corrected chi connectivity index (χ2v) is 7.53. The molecule has 0 atom stereocenters. The zero-order valence-corrected chi connectivity index (χ0v) is 18.0. The summed E-state index contributed by atoms with van der Waals surface area (Å²) in [6.07, 6.45) is 0.258. The highest BCUT2D eigenvalue weighted by Gasteiger charge is 2.16. The lowest BCUT2D eigenvalue weighted by atomic mass is 10.1. The van der Waals surface area contributed by atoms with Crippen LogP contribution in [0.2, 0.25) is 0 Å². The average Bonchev–Trinajstić information content (AvgIpc) is 3.07. The Balaban J connectivity index is 2.06. The number of hydrogen-bond donors (Lipinski definition) is 0. The molecule has 3 aromatic rings. The molecule has 29 heavy (non-hydrogen) atoms. The number of aromatic nitrogens is 1. The molecule has 0 N–H and O–H groups in total. The van der Waals surface area contributed by atoms with Gasteiger partial charge in [-0.2, -0.15) is 4.99 Å². The van der Waals surface area contributed by atoms with Gasteiger partial charge in [-0.05, 0) is 31.5 Å². The Morgan fingerprint density at radius 3 is 2.41 bits per heavy atom. The summed E-state index contributed by atoms with van der Waals surface area (Å²) in [6.45, 7) is 5.68. The maximum atomic E-state index is 12.7. The summed E-state index contributed by atoms with van der Waals surface area (Å²) in [4.78, 5) is 17.7. The minimum Gasteiger partial charge on any atom is -0.495 e. The van der Waals surface area contributed by atoms with E-state index in [9.17, 15) is 4.79 Å². The van der Waals surface area contributed by atoms with E-state index in [0.29, 0.717) is 30.3 Å². The molecule has 6 nitrogen and oxygen atoms in total. The number of rotatable bonds is 8. The van der Waals surface area contributed by atoms with Gasteiger partial charge in [0.2, 0.25) is 0 Å². The lowest BCUT2D eigenvalue weighted by Gasteiger charge is -2.10. The Labute approximate surface area is 174 Å². The number of fused-ring (bicyclic) bond motifs is 1. The van der Waals surface area contributed by atoms with Crippen LogP contribution in [0.15, 0.2) is 41.4 Å². The van der Waals surface area contributed by atoms with Gasteiger partial charge in [0, 0.05) is 13.2 Å².